The second kappa shape index (κ2) is 9.36. The predicted octanol–water partition coefficient (Wildman–Crippen LogP) is 2.81. The number of nitrogens with zero attached hydrogens (tertiary/aromatic N) is 1. The molecule has 0 spiro atoms. The second-order valence-corrected chi connectivity index (χ2v) is 6.54. The fraction of sp³-hybridized carbons (Fsp3) is 0.300. The Bertz CT molecular complexity index is 818. The first-order valence-electron chi connectivity index (χ1n) is 8.60. The van der Waals surface area contributed by atoms with Gasteiger partial charge in [0, 0.05) is 18.7 Å². The first-order chi connectivity index (χ1) is 13.2. The molecule has 2 rings (SSSR count). The smallest absolute Gasteiger partial charge is 0.350 e. The highest BCUT2D eigenvalue weighted by Crippen LogP contribution is 2.29. The standard InChI is InChI=1S/C20H22F3N3O2/c1-26(2)13-16-6-4-3-5-15(16)11-24-18(27)12-25-19(28)14-7-9-17(10-8-14)20(21,22)23/h3-10H,11-13H2,1-2H3,(H,24,27)(H,25,28). The molecule has 0 heterocycles. The van der Waals surface area contributed by atoms with Gasteiger partial charge in [-0.3, -0.25) is 9.59 Å². The molecule has 0 saturated carbocycles. The van der Waals surface area contributed by atoms with E-state index in [0.717, 1.165) is 41.9 Å². The fourth-order valence-corrected chi connectivity index (χ4v) is 2.55. The zero-order valence-corrected chi connectivity index (χ0v) is 15.6. The molecule has 2 aromatic carbocycles. The van der Waals surface area contributed by atoms with Crippen LogP contribution < -0.4 is 10.6 Å². The minimum absolute atomic E-state index is 0.0529. The van der Waals surface area contributed by atoms with Gasteiger partial charge in [-0.05, 0) is 49.5 Å². The second-order valence-electron chi connectivity index (χ2n) is 6.54. The van der Waals surface area contributed by atoms with Crippen LogP contribution in [0.25, 0.3) is 0 Å². The molecule has 2 N–H and O–H groups in total. The van der Waals surface area contributed by atoms with Crippen LogP contribution in [0.3, 0.4) is 0 Å². The number of amides is 2. The zero-order valence-electron chi connectivity index (χ0n) is 15.6. The highest BCUT2D eigenvalue weighted by atomic mass is 19.4. The van der Waals surface area contributed by atoms with Gasteiger partial charge in [-0.1, -0.05) is 24.3 Å². The maximum absolute atomic E-state index is 12.5. The van der Waals surface area contributed by atoms with Crippen molar-refractivity contribution < 1.29 is 22.8 Å². The van der Waals surface area contributed by atoms with E-state index >= 15 is 0 Å². The third kappa shape index (κ3) is 6.38. The van der Waals surface area contributed by atoms with Gasteiger partial charge >= 0.3 is 6.18 Å². The lowest BCUT2D eigenvalue weighted by molar-refractivity contribution is -0.137. The molecule has 28 heavy (non-hydrogen) atoms. The molecular formula is C20H22F3N3O2. The largest absolute Gasteiger partial charge is 0.416 e. The van der Waals surface area contributed by atoms with Crippen molar-refractivity contribution in [2.24, 2.45) is 0 Å². The van der Waals surface area contributed by atoms with E-state index < -0.39 is 17.6 Å². The molecule has 0 aromatic heterocycles. The molecule has 0 saturated heterocycles. The van der Waals surface area contributed by atoms with E-state index in [1.807, 2.05) is 43.3 Å². The lowest BCUT2D eigenvalue weighted by atomic mass is 10.1. The van der Waals surface area contributed by atoms with Crippen LogP contribution >= 0.6 is 0 Å². The topological polar surface area (TPSA) is 61.4 Å². The summed E-state index contributed by atoms with van der Waals surface area (Å²) in [5, 5.41) is 5.13. The molecule has 0 radical (unpaired) electrons. The van der Waals surface area contributed by atoms with E-state index in [1.54, 1.807) is 0 Å². The number of rotatable bonds is 7. The van der Waals surface area contributed by atoms with Crippen LogP contribution in [0.5, 0.6) is 0 Å². The third-order valence-electron chi connectivity index (χ3n) is 3.96. The Hall–Kier alpha value is -2.87. The van der Waals surface area contributed by atoms with Crippen molar-refractivity contribution >= 4 is 11.8 Å². The zero-order chi connectivity index (χ0) is 20.7. The fourth-order valence-electron chi connectivity index (χ4n) is 2.55. The maximum atomic E-state index is 12.5. The van der Waals surface area contributed by atoms with Gasteiger partial charge in [0.15, 0.2) is 0 Å². The summed E-state index contributed by atoms with van der Waals surface area (Å²) < 4.78 is 37.6. The molecule has 0 bridgehead atoms. The van der Waals surface area contributed by atoms with Crippen LogP contribution in [0.1, 0.15) is 27.0 Å². The molecule has 0 unspecified atom stereocenters. The van der Waals surface area contributed by atoms with Crippen molar-refractivity contribution in [3.05, 3.63) is 70.8 Å². The SMILES string of the molecule is CN(C)Cc1ccccc1CNC(=O)CNC(=O)c1ccc(C(F)(F)F)cc1. The number of benzene rings is 2. The van der Waals surface area contributed by atoms with Gasteiger partial charge < -0.3 is 15.5 Å². The molecule has 0 fully saturated rings. The van der Waals surface area contributed by atoms with Crippen LogP contribution in [0.4, 0.5) is 13.2 Å². The number of carbonyl (C=O) groups excluding carboxylic acids is 2. The van der Waals surface area contributed by atoms with E-state index in [2.05, 4.69) is 10.6 Å². The number of halogens is 3. The number of carbonyl (C=O) groups is 2. The van der Waals surface area contributed by atoms with Crippen LogP contribution in [-0.4, -0.2) is 37.4 Å². The van der Waals surface area contributed by atoms with Crippen molar-refractivity contribution in [1.82, 2.24) is 15.5 Å². The minimum Gasteiger partial charge on any atom is -0.350 e. The van der Waals surface area contributed by atoms with Crippen LogP contribution in [0.15, 0.2) is 48.5 Å². The van der Waals surface area contributed by atoms with E-state index in [4.69, 9.17) is 0 Å². The summed E-state index contributed by atoms with van der Waals surface area (Å²) >= 11 is 0. The Labute approximate surface area is 161 Å². The van der Waals surface area contributed by atoms with Crippen molar-refractivity contribution in [2.75, 3.05) is 20.6 Å². The summed E-state index contributed by atoms with van der Waals surface area (Å²) in [6, 6.07) is 11.5. The number of alkyl halides is 3. The molecule has 0 aliphatic heterocycles. The maximum Gasteiger partial charge on any atom is 0.416 e. The molecule has 2 amide bonds. The monoisotopic (exact) mass is 393 g/mol. The van der Waals surface area contributed by atoms with Crippen molar-refractivity contribution in [1.29, 1.82) is 0 Å². The van der Waals surface area contributed by atoms with E-state index in [0.29, 0.717) is 6.54 Å². The summed E-state index contributed by atoms with van der Waals surface area (Å²) in [5.74, 6) is -1.00. The number of hydrogen-bond donors (Lipinski definition) is 2. The van der Waals surface area contributed by atoms with Gasteiger partial charge in [0.2, 0.25) is 5.91 Å². The molecule has 0 aliphatic carbocycles. The summed E-state index contributed by atoms with van der Waals surface area (Å²) in [7, 11) is 3.90. The lowest BCUT2D eigenvalue weighted by Crippen LogP contribution is -2.36. The summed E-state index contributed by atoms with van der Waals surface area (Å²) in [4.78, 5) is 26.0. The molecule has 5 nitrogen and oxygen atoms in total. The molecule has 0 aliphatic rings. The van der Waals surface area contributed by atoms with E-state index in [1.165, 1.54) is 0 Å². The van der Waals surface area contributed by atoms with Gasteiger partial charge in [0.05, 0.1) is 12.1 Å². The Balaban J connectivity index is 1.85. The summed E-state index contributed by atoms with van der Waals surface area (Å²) in [6.45, 7) is 0.783. The van der Waals surface area contributed by atoms with Gasteiger partial charge in [-0.15, -0.1) is 0 Å². The molecular weight excluding hydrogens is 371 g/mol. The molecule has 0 atom stereocenters. The highest BCUT2D eigenvalue weighted by Gasteiger charge is 2.30. The Morgan fingerprint density at radius 2 is 1.54 bits per heavy atom. The van der Waals surface area contributed by atoms with Gasteiger partial charge in [-0.25, -0.2) is 0 Å². The lowest BCUT2D eigenvalue weighted by Gasteiger charge is -2.14. The first kappa shape index (κ1) is 21.4. The first-order valence-corrected chi connectivity index (χ1v) is 8.60. The molecule has 2 aromatic rings. The third-order valence-corrected chi connectivity index (χ3v) is 3.96. The Morgan fingerprint density at radius 1 is 0.929 bits per heavy atom. The van der Waals surface area contributed by atoms with Crippen LogP contribution in [-0.2, 0) is 24.1 Å². The normalized spacial score (nSPS) is 11.4. The quantitative estimate of drug-likeness (QED) is 0.761. The molecule has 150 valence electrons. The predicted molar refractivity (Wildman–Crippen MR) is 99.5 cm³/mol. The average molecular weight is 393 g/mol. The van der Waals surface area contributed by atoms with Crippen molar-refractivity contribution in [3.8, 4) is 0 Å². The van der Waals surface area contributed by atoms with Crippen molar-refractivity contribution in [2.45, 2.75) is 19.3 Å². The number of nitrogens with one attached hydrogen (secondary N) is 2. The Kier molecular flexibility index (Phi) is 7.17. The van der Waals surface area contributed by atoms with Crippen molar-refractivity contribution in [3.63, 3.8) is 0 Å². The van der Waals surface area contributed by atoms with Gasteiger partial charge in [0.25, 0.3) is 5.91 Å². The van der Waals surface area contributed by atoms with E-state index in [-0.39, 0.29) is 18.0 Å². The summed E-state index contributed by atoms with van der Waals surface area (Å²) in [5.41, 5.74) is 1.27. The Morgan fingerprint density at radius 3 is 2.11 bits per heavy atom. The highest BCUT2D eigenvalue weighted by molar-refractivity contribution is 5.96. The van der Waals surface area contributed by atoms with Gasteiger partial charge in [-0.2, -0.15) is 13.2 Å². The minimum atomic E-state index is -4.46. The van der Waals surface area contributed by atoms with Crippen LogP contribution in [0.2, 0.25) is 0 Å². The molecule has 8 heteroatoms. The van der Waals surface area contributed by atoms with Crippen LogP contribution in [0, 0.1) is 0 Å². The average Bonchev–Trinajstić information content (AvgIpc) is 2.64. The number of hydrogen-bond acceptors (Lipinski definition) is 3. The van der Waals surface area contributed by atoms with Gasteiger partial charge in [0.1, 0.15) is 0 Å². The summed E-state index contributed by atoms with van der Waals surface area (Å²) in [6.07, 6.45) is -4.46. The van der Waals surface area contributed by atoms with E-state index in [9.17, 15) is 22.8 Å².